The van der Waals surface area contributed by atoms with Gasteiger partial charge in [0.25, 0.3) is 0 Å². The Kier molecular flexibility index (Phi) is 8.95. The molecule has 0 unspecified atom stereocenters. The topological polar surface area (TPSA) is 54.9 Å². The summed E-state index contributed by atoms with van der Waals surface area (Å²) in [5.74, 6) is 1.94. The van der Waals surface area contributed by atoms with E-state index in [9.17, 15) is 0 Å². The van der Waals surface area contributed by atoms with Crippen molar-refractivity contribution in [1.82, 2.24) is 10.6 Å². The van der Waals surface area contributed by atoms with Gasteiger partial charge in [0.15, 0.2) is 5.96 Å². The van der Waals surface area contributed by atoms with E-state index in [0.29, 0.717) is 6.10 Å². The smallest absolute Gasteiger partial charge is 0.190 e. The average Bonchev–Trinajstić information content (AvgIpc) is 3.03. The maximum atomic E-state index is 6.06. The number of rotatable bonds is 9. The predicted octanol–water partition coefficient (Wildman–Crippen LogP) is 3.85. The summed E-state index contributed by atoms with van der Waals surface area (Å²) in [7, 11) is 1.83. The molecular weight excluding hydrogens is 350 g/mol. The van der Waals surface area contributed by atoms with Gasteiger partial charge in [-0.3, -0.25) is 4.99 Å². The summed E-state index contributed by atoms with van der Waals surface area (Å²) < 4.78 is 11.6. The van der Waals surface area contributed by atoms with Crippen molar-refractivity contribution in [3.05, 3.63) is 29.3 Å². The Labute approximate surface area is 170 Å². The lowest BCUT2D eigenvalue weighted by atomic mass is 10.1. The summed E-state index contributed by atoms with van der Waals surface area (Å²) in [4.78, 5) is 4.32. The van der Waals surface area contributed by atoms with Crippen LogP contribution in [0.1, 0.15) is 62.5 Å². The molecule has 1 fully saturated rings. The Morgan fingerprint density at radius 2 is 1.93 bits per heavy atom. The highest BCUT2D eigenvalue weighted by atomic mass is 16.5. The molecule has 1 aromatic carbocycles. The number of aliphatic imine (C=N–C) groups is 1. The van der Waals surface area contributed by atoms with E-state index in [-0.39, 0.29) is 0 Å². The Morgan fingerprint density at radius 3 is 2.75 bits per heavy atom. The minimum atomic E-state index is 0.510. The monoisotopic (exact) mass is 387 g/mol. The largest absolute Gasteiger partial charge is 0.493 e. The number of fused-ring (bicyclic) bond motifs is 1. The van der Waals surface area contributed by atoms with E-state index in [0.717, 1.165) is 63.7 Å². The van der Waals surface area contributed by atoms with E-state index in [1.807, 2.05) is 7.05 Å². The van der Waals surface area contributed by atoms with Gasteiger partial charge in [-0.15, -0.1) is 0 Å². The highest BCUT2D eigenvalue weighted by Crippen LogP contribution is 2.25. The first-order valence-electron chi connectivity index (χ1n) is 11.2. The number of nitrogens with zero attached hydrogens (tertiary/aromatic N) is 1. The van der Waals surface area contributed by atoms with Crippen molar-refractivity contribution in [3.8, 4) is 5.75 Å². The summed E-state index contributed by atoms with van der Waals surface area (Å²) >= 11 is 0. The fourth-order valence-electron chi connectivity index (χ4n) is 4.03. The van der Waals surface area contributed by atoms with Crippen molar-refractivity contribution in [2.45, 2.75) is 70.3 Å². The second-order valence-electron chi connectivity index (χ2n) is 7.91. The van der Waals surface area contributed by atoms with Crippen LogP contribution < -0.4 is 15.4 Å². The molecule has 0 bridgehead atoms. The molecule has 0 radical (unpaired) electrons. The first-order valence-corrected chi connectivity index (χ1v) is 11.2. The number of hydrogen-bond donors (Lipinski definition) is 2. The lowest BCUT2D eigenvalue weighted by molar-refractivity contribution is 0.0411. The Hall–Kier alpha value is -1.75. The van der Waals surface area contributed by atoms with E-state index in [1.54, 1.807) is 0 Å². The van der Waals surface area contributed by atoms with Crippen molar-refractivity contribution >= 4 is 5.96 Å². The predicted molar refractivity (Wildman–Crippen MR) is 115 cm³/mol. The molecule has 1 aliphatic heterocycles. The van der Waals surface area contributed by atoms with E-state index in [1.165, 1.54) is 49.7 Å². The molecule has 1 aliphatic carbocycles. The average molecular weight is 388 g/mol. The molecule has 5 heteroatoms. The SMILES string of the molecule is CN=C(NCCCCOC1CCCCCC1)NCCc1ccc2c(c1)CCO2. The zero-order chi connectivity index (χ0) is 19.4. The van der Waals surface area contributed by atoms with Crippen LogP contribution in [-0.4, -0.2) is 45.4 Å². The second-order valence-corrected chi connectivity index (χ2v) is 7.91. The summed E-state index contributed by atoms with van der Waals surface area (Å²) in [5.41, 5.74) is 2.69. The van der Waals surface area contributed by atoms with Gasteiger partial charge in [0.1, 0.15) is 5.75 Å². The van der Waals surface area contributed by atoms with Gasteiger partial charge in [0.05, 0.1) is 12.7 Å². The van der Waals surface area contributed by atoms with Crippen LogP contribution in [0.3, 0.4) is 0 Å². The standard InChI is InChI=1S/C23H37N3O2/c1-24-23(25-14-6-7-16-27-21-8-4-2-3-5-9-21)26-15-12-19-10-11-22-20(18-19)13-17-28-22/h10-11,18,21H,2-9,12-17H2,1H3,(H2,24,25,26). The van der Waals surface area contributed by atoms with Crippen molar-refractivity contribution in [2.75, 3.05) is 33.4 Å². The summed E-state index contributed by atoms with van der Waals surface area (Å²) in [6, 6.07) is 6.53. The summed E-state index contributed by atoms with van der Waals surface area (Å²) in [6.07, 6.45) is 12.7. The van der Waals surface area contributed by atoms with Gasteiger partial charge in [0.2, 0.25) is 0 Å². The van der Waals surface area contributed by atoms with Gasteiger partial charge < -0.3 is 20.1 Å². The molecule has 0 spiro atoms. The van der Waals surface area contributed by atoms with Crippen molar-refractivity contribution in [3.63, 3.8) is 0 Å². The van der Waals surface area contributed by atoms with Gasteiger partial charge in [-0.1, -0.05) is 37.8 Å². The van der Waals surface area contributed by atoms with E-state index in [4.69, 9.17) is 9.47 Å². The molecule has 1 heterocycles. The lowest BCUT2D eigenvalue weighted by Gasteiger charge is -2.15. The quantitative estimate of drug-likeness (QED) is 0.292. The number of benzene rings is 1. The normalized spacial score (nSPS) is 17.7. The van der Waals surface area contributed by atoms with Crippen LogP contribution in [0.25, 0.3) is 0 Å². The summed E-state index contributed by atoms with van der Waals surface area (Å²) in [6.45, 7) is 3.52. The third-order valence-electron chi connectivity index (χ3n) is 5.70. The van der Waals surface area contributed by atoms with Gasteiger partial charge in [-0.05, 0) is 49.3 Å². The molecular formula is C23H37N3O2. The zero-order valence-electron chi connectivity index (χ0n) is 17.5. The third-order valence-corrected chi connectivity index (χ3v) is 5.70. The highest BCUT2D eigenvalue weighted by Gasteiger charge is 2.12. The van der Waals surface area contributed by atoms with Crippen molar-refractivity contribution < 1.29 is 9.47 Å². The fourth-order valence-corrected chi connectivity index (χ4v) is 4.03. The van der Waals surface area contributed by atoms with Crippen molar-refractivity contribution in [2.24, 2.45) is 4.99 Å². The molecule has 1 saturated carbocycles. The number of unbranched alkanes of at least 4 members (excludes halogenated alkanes) is 1. The molecule has 5 nitrogen and oxygen atoms in total. The van der Waals surface area contributed by atoms with Crippen LogP contribution in [0.5, 0.6) is 5.75 Å². The Morgan fingerprint density at radius 1 is 1.11 bits per heavy atom. The van der Waals surface area contributed by atoms with Gasteiger partial charge in [-0.2, -0.15) is 0 Å². The third kappa shape index (κ3) is 7.01. The molecule has 3 rings (SSSR count). The van der Waals surface area contributed by atoms with Crippen LogP contribution >= 0.6 is 0 Å². The first kappa shape index (κ1) is 21.0. The van der Waals surface area contributed by atoms with Crippen LogP contribution in [-0.2, 0) is 17.6 Å². The fraction of sp³-hybridized carbons (Fsp3) is 0.696. The van der Waals surface area contributed by atoms with Crippen LogP contribution in [0.4, 0.5) is 0 Å². The Bertz CT molecular complexity index is 610. The van der Waals surface area contributed by atoms with Crippen LogP contribution in [0, 0.1) is 0 Å². The Balaban J connectivity index is 1.23. The number of nitrogens with one attached hydrogen (secondary N) is 2. The van der Waals surface area contributed by atoms with E-state index < -0.39 is 0 Å². The molecule has 0 saturated heterocycles. The van der Waals surface area contributed by atoms with E-state index in [2.05, 4.69) is 33.8 Å². The first-order chi connectivity index (χ1) is 13.8. The number of guanidine groups is 1. The minimum Gasteiger partial charge on any atom is -0.493 e. The lowest BCUT2D eigenvalue weighted by Crippen LogP contribution is -2.38. The van der Waals surface area contributed by atoms with Gasteiger partial charge in [0, 0.05) is 33.2 Å². The zero-order valence-corrected chi connectivity index (χ0v) is 17.5. The van der Waals surface area contributed by atoms with Crippen LogP contribution in [0.2, 0.25) is 0 Å². The maximum Gasteiger partial charge on any atom is 0.190 e. The van der Waals surface area contributed by atoms with Gasteiger partial charge >= 0.3 is 0 Å². The molecule has 0 amide bonds. The number of ether oxygens (including phenoxy) is 2. The molecule has 0 atom stereocenters. The molecule has 0 aromatic heterocycles. The molecule has 156 valence electrons. The van der Waals surface area contributed by atoms with Crippen LogP contribution in [0.15, 0.2) is 23.2 Å². The van der Waals surface area contributed by atoms with Gasteiger partial charge in [-0.25, -0.2) is 0 Å². The minimum absolute atomic E-state index is 0.510. The highest BCUT2D eigenvalue weighted by molar-refractivity contribution is 5.79. The molecule has 2 N–H and O–H groups in total. The van der Waals surface area contributed by atoms with Crippen molar-refractivity contribution in [1.29, 1.82) is 0 Å². The maximum absolute atomic E-state index is 6.06. The molecule has 1 aromatic rings. The summed E-state index contributed by atoms with van der Waals surface area (Å²) in [5, 5.41) is 6.82. The second kappa shape index (κ2) is 11.9. The number of hydrogen-bond acceptors (Lipinski definition) is 3. The van der Waals surface area contributed by atoms with E-state index >= 15 is 0 Å². The molecule has 2 aliphatic rings. The molecule has 28 heavy (non-hydrogen) atoms.